The van der Waals surface area contributed by atoms with Crippen LogP contribution in [0.5, 0.6) is 5.75 Å². The molecule has 0 fully saturated rings. The molecular weight excluding hydrogens is 381 g/mol. The Morgan fingerprint density at radius 3 is 2.50 bits per heavy atom. The number of carbonyl (C=O) groups excluding carboxylic acids is 1. The molecule has 0 bridgehead atoms. The van der Waals surface area contributed by atoms with Crippen LogP contribution in [0, 0.1) is 5.82 Å². The molecule has 0 aliphatic heterocycles. The van der Waals surface area contributed by atoms with Crippen molar-refractivity contribution in [2.24, 2.45) is 0 Å². The number of hydrogen-bond donors (Lipinski definition) is 0. The number of amides is 1. The van der Waals surface area contributed by atoms with Crippen LogP contribution in [0.2, 0.25) is 0 Å². The summed E-state index contributed by atoms with van der Waals surface area (Å²) in [5, 5.41) is 0. The Kier molecular flexibility index (Phi) is 7.51. The topological polar surface area (TPSA) is 45.7 Å². The van der Waals surface area contributed by atoms with E-state index in [4.69, 9.17) is 4.74 Å². The van der Waals surface area contributed by atoms with Gasteiger partial charge in [-0.05, 0) is 68.2 Å². The van der Waals surface area contributed by atoms with E-state index in [1.54, 1.807) is 11.1 Å². The summed E-state index contributed by atoms with van der Waals surface area (Å²) in [6, 6.07) is 18.9. The largest absolute Gasteiger partial charge is 0.492 e. The average molecular weight is 407 g/mol. The maximum atomic E-state index is 13.3. The van der Waals surface area contributed by atoms with Crippen LogP contribution in [0.4, 0.5) is 4.39 Å². The van der Waals surface area contributed by atoms with E-state index in [0.29, 0.717) is 25.3 Å². The van der Waals surface area contributed by atoms with Crippen LogP contribution >= 0.6 is 0 Å². The van der Waals surface area contributed by atoms with Crippen molar-refractivity contribution in [3.8, 4) is 5.75 Å². The fourth-order valence-electron chi connectivity index (χ4n) is 2.96. The van der Waals surface area contributed by atoms with Gasteiger partial charge in [-0.25, -0.2) is 4.39 Å². The molecule has 1 heterocycles. The molecule has 3 rings (SSSR count). The van der Waals surface area contributed by atoms with Gasteiger partial charge < -0.3 is 14.5 Å². The van der Waals surface area contributed by atoms with E-state index < -0.39 is 0 Å². The van der Waals surface area contributed by atoms with Gasteiger partial charge in [0.2, 0.25) is 0 Å². The van der Waals surface area contributed by atoms with Crippen LogP contribution in [-0.2, 0) is 13.1 Å². The van der Waals surface area contributed by atoms with E-state index >= 15 is 0 Å². The van der Waals surface area contributed by atoms with Gasteiger partial charge in [0.25, 0.3) is 5.91 Å². The number of aromatic nitrogens is 1. The number of pyridine rings is 1. The Morgan fingerprint density at radius 1 is 1.00 bits per heavy atom. The first kappa shape index (κ1) is 21.5. The van der Waals surface area contributed by atoms with E-state index in [9.17, 15) is 9.18 Å². The first-order valence-electron chi connectivity index (χ1n) is 9.82. The number of halogens is 1. The average Bonchev–Trinajstić information content (AvgIpc) is 2.74. The highest BCUT2D eigenvalue weighted by molar-refractivity contribution is 5.94. The van der Waals surface area contributed by atoms with Gasteiger partial charge >= 0.3 is 0 Å². The molecule has 0 atom stereocenters. The predicted octanol–water partition coefficient (Wildman–Crippen LogP) is 4.00. The van der Waals surface area contributed by atoms with Crippen LogP contribution < -0.4 is 4.74 Å². The second-order valence-electron chi connectivity index (χ2n) is 7.29. The lowest BCUT2D eigenvalue weighted by Crippen LogP contribution is -2.30. The van der Waals surface area contributed by atoms with Gasteiger partial charge in [-0.3, -0.25) is 9.78 Å². The molecular formula is C24H26FN3O2. The van der Waals surface area contributed by atoms with E-state index in [0.717, 1.165) is 23.6 Å². The monoisotopic (exact) mass is 407 g/mol. The summed E-state index contributed by atoms with van der Waals surface area (Å²) in [5.41, 5.74) is 2.17. The fourth-order valence-corrected chi connectivity index (χ4v) is 2.96. The zero-order valence-electron chi connectivity index (χ0n) is 17.3. The van der Waals surface area contributed by atoms with Gasteiger partial charge in [0, 0.05) is 24.8 Å². The summed E-state index contributed by atoms with van der Waals surface area (Å²) in [7, 11) is 3.99. The molecule has 3 aromatic rings. The minimum absolute atomic E-state index is 0.181. The van der Waals surface area contributed by atoms with Crippen LogP contribution in [0.25, 0.3) is 0 Å². The number of benzene rings is 2. The predicted molar refractivity (Wildman–Crippen MR) is 115 cm³/mol. The summed E-state index contributed by atoms with van der Waals surface area (Å²) in [4.78, 5) is 21.2. The molecule has 0 radical (unpaired) electrons. The molecule has 5 nitrogen and oxygen atoms in total. The summed E-state index contributed by atoms with van der Waals surface area (Å²) < 4.78 is 19.1. The van der Waals surface area contributed by atoms with Crippen molar-refractivity contribution in [2.45, 2.75) is 13.1 Å². The van der Waals surface area contributed by atoms with Gasteiger partial charge in [0.05, 0.1) is 12.2 Å². The zero-order valence-corrected chi connectivity index (χ0v) is 17.3. The van der Waals surface area contributed by atoms with Crippen LogP contribution in [-0.4, -0.2) is 47.9 Å². The molecule has 30 heavy (non-hydrogen) atoms. The molecule has 0 spiro atoms. The van der Waals surface area contributed by atoms with Crippen LogP contribution in [0.1, 0.15) is 21.6 Å². The Bertz CT molecular complexity index is 946. The maximum Gasteiger partial charge on any atom is 0.254 e. The Morgan fingerprint density at radius 2 is 1.80 bits per heavy atom. The lowest BCUT2D eigenvalue weighted by atomic mass is 10.1. The van der Waals surface area contributed by atoms with Gasteiger partial charge in [-0.1, -0.05) is 18.2 Å². The van der Waals surface area contributed by atoms with Gasteiger partial charge in [0.15, 0.2) is 0 Å². The van der Waals surface area contributed by atoms with Crippen molar-refractivity contribution < 1.29 is 13.9 Å². The smallest absolute Gasteiger partial charge is 0.254 e. The van der Waals surface area contributed by atoms with E-state index in [1.807, 2.05) is 56.6 Å². The van der Waals surface area contributed by atoms with Crippen molar-refractivity contribution in [1.29, 1.82) is 0 Å². The van der Waals surface area contributed by atoms with E-state index in [1.165, 1.54) is 24.3 Å². The van der Waals surface area contributed by atoms with E-state index in [2.05, 4.69) is 9.88 Å². The number of ether oxygens (including phenoxy) is 1. The molecule has 1 amide bonds. The molecule has 0 saturated heterocycles. The third-order valence-corrected chi connectivity index (χ3v) is 4.54. The van der Waals surface area contributed by atoms with Crippen LogP contribution in [0.15, 0.2) is 72.9 Å². The quantitative estimate of drug-likeness (QED) is 0.538. The molecule has 6 heteroatoms. The zero-order chi connectivity index (χ0) is 21.3. The summed E-state index contributed by atoms with van der Waals surface area (Å²) in [6.07, 6.45) is 1.70. The minimum atomic E-state index is -0.370. The number of hydrogen-bond acceptors (Lipinski definition) is 4. The molecule has 0 aliphatic rings. The molecule has 0 aliphatic carbocycles. The standard InChI is InChI=1S/C24H26FN3O2/c1-27(2)14-15-30-23-8-5-6-19(16-23)17-28(18-22-7-3-4-13-26-22)24(29)20-9-11-21(25)12-10-20/h3-13,16H,14-15,17-18H2,1-2H3. The first-order chi connectivity index (χ1) is 14.5. The van der Waals surface area contributed by atoms with Gasteiger partial charge in [-0.15, -0.1) is 0 Å². The second kappa shape index (κ2) is 10.5. The molecule has 1 aromatic heterocycles. The Hall–Kier alpha value is -3.25. The van der Waals surface area contributed by atoms with Gasteiger partial charge in [0.1, 0.15) is 18.2 Å². The number of likely N-dealkylation sites (N-methyl/N-ethyl adjacent to an activating group) is 1. The Labute approximate surface area is 176 Å². The second-order valence-corrected chi connectivity index (χ2v) is 7.29. The SMILES string of the molecule is CN(C)CCOc1cccc(CN(Cc2ccccn2)C(=O)c2ccc(F)cc2)c1. The molecule has 156 valence electrons. The third kappa shape index (κ3) is 6.39. The molecule has 2 aromatic carbocycles. The fraction of sp³-hybridized carbons (Fsp3) is 0.250. The third-order valence-electron chi connectivity index (χ3n) is 4.54. The van der Waals surface area contributed by atoms with E-state index in [-0.39, 0.29) is 11.7 Å². The highest BCUT2D eigenvalue weighted by Gasteiger charge is 2.18. The highest BCUT2D eigenvalue weighted by atomic mass is 19.1. The Balaban J connectivity index is 1.78. The van der Waals surface area contributed by atoms with Crippen molar-refractivity contribution >= 4 is 5.91 Å². The lowest BCUT2D eigenvalue weighted by Gasteiger charge is -2.23. The van der Waals surface area contributed by atoms with Gasteiger partial charge in [-0.2, -0.15) is 0 Å². The summed E-state index contributed by atoms with van der Waals surface area (Å²) in [6.45, 7) is 2.14. The summed E-state index contributed by atoms with van der Waals surface area (Å²) >= 11 is 0. The van der Waals surface area contributed by atoms with Crippen molar-refractivity contribution in [1.82, 2.24) is 14.8 Å². The lowest BCUT2D eigenvalue weighted by molar-refractivity contribution is 0.0727. The first-order valence-corrected chi connectivity index (χ1v) is 9.82. The van der Waals surface area contributed by atoms with Crippen molar-refractivity contribution in [3.63, 3.8) is 0 Å². The maximum absolute atomic E-state index is 13.3. The van der Waals surface area contributed by atoms with Crippen LogP contribution in [0.3, 0.4) is 0 Å². The number of rotatable bonds is 9. The number of carbonyl (C=O) groups is 1. The normalized spacial score (nSPS) is 10.8. The molecule has 0 unspecified atom stereocenters. The summed E-state index contributed by atoms with van der Waals surface area (Å²) in [5.74, 6) is 0.214. The molecule has 0 N–H and O–H groups in total. The van der Waals surface area contributed by atoms with Crippen molar-refractivity contribution in [2.75, 3.05) is 27.2 Å². The number of nitrogens with zero attached hydrogens (tertiary/aromatic N) is 3. The highest BCUT2D eigenvalue weighted by Crippen LogP contribution is 2.18. The molecule has 0 saturated carbocycles. The minimum Gasteiger partial charge on any atom is -0.492 e. The van der Waals surface area contributed by atoms with Crippen molar-refractivity contribution in [3.05, 3.63) is 95.6 Å².